The normalized spacial score (nSPS) is 16.9. The number of benzene rings is 2. The van der Waals surface area contributed by atoms with Crippen molar-refractivity contribution in [2.24, 2.45) is 0 Å². The van der Waals surface area contributed by atoms with Crippen molar-refractivity contribution in [1.82, 2.24) is 5.32 Å². The summed E-state index contributed by atoms with van der Waals surface area (Å²) in [5, 5.41) is 3.07. The molecule has 1 aliphatic heterocycles. The number of aryl methyl sites for hydroxylation is 1. The van der Waals surface area contributed by atoms with Crippen LogP contribution < -0.4 is 14.8 Å². The minimum Gasteiger partial charge on any atom is -0.486 e. The summed E-state index contributed by atoms with van der Waals surface area (Å²) >= 11 is 0. The number of para-hydroxylation sites is 2. The van der Waals surface area contributed by atoms with Gasteiger partial charge < -0.3 is 14.8 Å². The maximum atomic E-state index is 12.1. The maximum absolute atomic E-state index is 12.1. The number of carbonyl (C=O) groups excluding carboxylic acids is 1. The summed E-state index contributed by atoms with van der Waals surface area (Å²) in [5.41, 5.74) is 1.30. The molecule has 0 unspecified atom stereocenters. The lowest BCUT2D eigenvalue weighted by Crippen LogP contribution is -2.35. The molecular formula is C21H25NO3. The average Bonchev–Trinajstić information content (AvgIpc) is 2.65. The molecule has 0 spiro atoms. The van der Waals surface area contributed by atoms with Crippen LogP contribution in [0.15, 0.2) is 54.6 Å². The Morgan fingerprint density at radius 3 is 2.64 bits per heavy atom. The van der Waals surface area contributed by atoms with Crippen LogP contribution in [0.3, 0.4) is 0 Å². The predicted octanol–water partition coefficient (Wildman–Crippen LogP) is 3.74. The molecule has 3 rings (SSSR count). The first-order valence-corrected chi connectivity index (χ1v) is 8.92. The molecule has 0 radical (unpaired) electrons. The fraction of sp³-hybridized carbons (Fsp3) is 0.381. The smallest absolute Gasteiger partial charge is 0.220 e. The summed E-state index contributed by atoms with van der Waals surface area (Å²) in [6.07, 6.45) is 2.95. The molecule has 4 nitrogen and oxygen atoms in total. The van der Waals surface area contributed by atoms with E-state index in [2.05, 4.69) is 24.4 Å². The molecule has 132 valence electrons. The summed E-state index contributed by atoms with van der Waals surface area (Å²) in [7, 11) is 0. The van der Waals surface area contributed by atoms with Gasteiger partial charge in [-0.05, 0) is 43.9 Å². The minimum absolute atomic E-state index is 0.0692. The van der Waals surface area contributed by atoms with Crippen molar-refractivity contribution in [3.63, 3.8) is 0 Å². The van der Waals surface area contributed by atoms with Crippen LogP contribution in [0.1, 0.15) is 31.7 Å². The molecule has 4 heteroatoms. The van der Waals surface area contributed by atoms with E-state index in [9.17, 15) is 4.79 Å². The van der Waals surface area contributed by atoms with Gasteiger partial charge in [-0.15, -0.1) is 0 Å². The summed E-state index contributed by atoms with van der Waals surface area (Å²) in [5.74, 6) is 1.61. The van der Waals surface area contributed by atoms with E-state index in [0.717, 1.165) is 24.3 Å². The predicted molar refractivity (Wildman–Crippen MR) is 98.0 cm³/mol. The molecule has 1 heterocycles. The second kappa shape index (κ2) is 8.56. The molecule has 25 heavy (non-hydrogen) atoms. The van der Waals surface area contributed by atoms with E-state index >= 15 is 0 Å². The van der Waals surface area contributed by atoms with E-state index in [0.29, 0.717) is 19.4 Å². The van der Waals surface area contributed by atoms with Crippen LogP contribution in [-0.4, -0.2) is 24.7 Å². The molecule has 1 amide bonds. The van der Waals surface area contributed by atoms with Crippen LogP contribution in [0.5, 0.6) is 11.5 Å². The number of hydrogen-bond acceptors (Lipinski definition) is 3. The van der Waals surface area contributed by atoms with E-state index < -0.39 is 0 Å². The third-order valence-corrected chi connectivity index (χ3v) is 4.38. The topological polar surface area (TPSA) is 47.6 Å². The minimum atomic E-state index is -0.0692. The van der Waals surface area contributed by atoms with Gasteiger partial charge in [0.25, 0.3) is 0 Å². The van der Waals surface area contributed by atoms with Gasteiger partial charge in [0, 0.05) is 12.5 Å². The van der Waals surface area contributed by atoms with Crippen molar-refractivity contribution >= 4 is 5.91 Å². The quantitative estimate of drug-likeness (QED) is 0.836. The number of ether oxygens (including phenoxy) is 2. The van der Waals surface area contributed by atoms with Crippen LogP contribution in [0.25, 0.3) is 0 Å². The second-order valence-corrected chi connectivity index (χ2v) is 6.53. The zero-order chi connectivity index (χ0) is 17.5. The first-order valence-electron chi connectivity index (χ1n) is 8.92. The highest BCUT2D eigenvalue weighted by Crippen LogP contribution is 2.31. The van der Waals surface area contributed by atoms with Crippen molar-refractivity contribution in [2.45, 2.75) is 44.8 Å². The van der Waals surface area contributed by atoms with Crippen molar-refractivity contribution in [3.8, 4) is 11.5 Å². The first kappa shape index (κ1) is 17.3. The Morgan fingerprint density at radius 1 is 1.12 bits per heavy atom. The highest BCUT2D eigenvalue weighted by molar-refractivity contribution is 5.76. The molecule has 2 aromatic rings. The van der Waals surface area contributed by atoms with Gasteiger partial charge in [-0.1, -0.05) is 42.5 Å². The van der Waals surface area contributed by atoms with Gasteiger partial charge in [0.2, 0.25) is 5.91 Å². The van der Waals surface area contributed by atoms with Crippen molar-refractivity contribution in [2.75, 3.05) is 6.61 Å². The zero-order valence-corrected chi connectivity index (χ0v) is 14.6. The Balaban J connectivity index is 1.37. The summed E-state index contributed by atoms with van der Waals surface area (Å²) in [6.45, 7) is 2.55. The van der Waals surface area contributed by atoms with Crippen molar-refractivity contribution < 1.29 is 14.3 Å². The summed E-state index contributed by atoms with van der Waals surface area (Å²) in [4.78, 5) is 12.1. The highest BCUT2D eigenvalue weighted by atomic mass is 16.6. The fourth-order valence-electron chi connectivity index (χ4n) is 2.94. The Kier molecular flexibility index (Phi) is 5.94. The van der Waals surface area contributed by atoms with Crippen LogP contribution in [-0.2, 0) is 11.2 Å². The number of hydrogen-bond donors (Lipinski definition) is 1. The van der Waals surface area contributed by atoms with Gasteiger partial charge in [0.1, 0.15) is 12.7 Å². The summed E-state index contributed by atoms with van der Waals surface area (Å²) in [6, 6.07) is 18.1. The van der Waals surface area contributed by atoms with Gasteiger partial charge in [-0.25, -0.2) is 0 Å². The van der Waals surface area contributed by atoms with E-state index in [1.165, 1.54) is 5.56 Å². The highest BCUT2D eigenvalue weighted by Gasteiger charge is 2.21. The molecule has 0 bridgehead atoms. The molecule has 1 N–H and O–H groups in total. The van der Waals surface area contributed by atoms with E-state index in [1.807, 2.05) is 42.5 Å². The molecule has 2 atom stereocenters. The number of rotatable bonds is 7. The molecule has 0 fully saturated rings. The molecule has 0 saturated carbocycles. The molecule has 0 aromatic heterocycles. The number of nitrogens with one attached hydrogen (secondary N) is 1. The average molecular weight is 339 g/mol. The van der Waals surface area contributed by atoms with Crippen LogP contribution in [0.2, 0.25) is 0 Å². The summed E-state index contributed by atoms with van der Waals surface area (Å²) < 4.78 is 11.6. The Labute approximate surface area is 149 Å². The second-order valence-electron chi connectivity index (χ2n) is 6.53. The van der Waals surface area contributed by atoms with Crippen LogP contribution in [0, 0.1) is 0 Å². The van der Waals surface area contributed by atoms with E-state index in [1.54, 1.807) is 0 Å². The Bertz CT molecular complexity index is 687. The van der Waals surface area contributed by atoms with Gasteiger partial charge in [-0.2, -0.15) is 0 Å². The molecular weight excluding hydrogens is 314 g/mol. The lowest BCUT2D eigenvalue weighted by molar-refractivity contribution is -0.122. The molecule has 2 aromatic carbocycles. The van der Waals surface area contributed by atoms with Gasteiger partial charge in [-0.3, -0.25) is 4.79 Å². The van der Waals surface area contributed by atoms with Crippen LogP contribution >= 0.6 is 0 Å². The largest absolute Gasteiger partial charge is 0.486 e. The standard InChI is InChI=1S/C21H25NO3/c1-16(11-12-17-7-3-2-4-8-17)22-21(23)14-13-18-15-24-19-9-5-6-10-20(19)25-18/h2-10,16,18H,11-15H2,1H3,(H,22,23)/t16-,18-/m0/s1. The third kappa shape index (κ3) is 5.24. The monoisotopic (exact) mass is 339 g/mol. The number of fused-ring (bicyclic) bond motifs is 1. The molecule has 1 aliphatic rings. The fourth-order valence-corrected chi connectivity index (χ4v) is 2.94. The van der Waals surface area contributed by atoms with Crippen LogP contribution in [0.4, 0.5) is 0 Å². The zero-order valence-electron chi connectivity index (χ0n) is 14.6. The Morgan fingerprint density at radius 2 is 1.84 bits per heavy atom. The van der Waals surface area contributed by atoms with E-state index in [-0.39, 0.29) is 18.1 Å². The SMILES string of the molecule is C[C@@H](CCc1ccccc1)NC(=O)CC[C@H]1COc2ccccc2O1. The van der Waals surface area contributed by atoms with E-state index in [4.69, 9.17) is 9.47 Å². The van der Waals surface area contributed by atoms with Crippen molar-refractivity contribution in [3.05, 3.63) is 60.2 Å². The maximum Gasteiger partial charge on any atom is 0.220 e. The third-order valence-electron chi connectivity index (χ3n) is 4.38. The lowest BCUT2D eigenvalue weighted by Gasteiger charge is -2.26. The molecule has 0 aliphatic carbocycles. The first-order chi connectivity index (χ1) is 12.2. The van der Waals surface area contributed by atoms with Gasteiger partial charge in [0.15, 0.2) is 11.5 Å². The van der Waals surface area contributed by atoms with Gasteiger partial charge >= 0.3 is 0 Å². The van der Waals surface area contributed by atoms with Gasteiger partial charge in [0.05, 0.1) is 0 Å². The number of amides is 1. The molecule has 0 saturated heterocycles. The lowest BCUT2D eigenvalue weighted by atomic mass is 10.1. The van der Waals surface area contributed by atoms with Crippen molar-refractivity contribution in [1.29, 1.82) is 0 Å². The number of carbonyl (C=O) groups is 1. The Hall–Kier alpha value is -2.49.